The van der Waals surface area contributed by atoms with Gasteiger partial charge < -0.3 is 14.4 Å². The molecule has 4 heteroatoms. The number of amides is 1. The van der Waals surface area contributed by atoms with Crippen molar-refractivity contribution in [2.24, 2.45) is 0 Å². The van der Waals surface area contributed by atoms with E-state index in [4.69, 9.17) is 9.47 Å². The van der Waals surface area contributed by atoms with Crippen LogP contribution in [-0.4, -0.2) is 32.1 Å². The molecule has 0 aliphatic rings. The Bertz CT molecular complexity index is 427. The van der Waals surface area contributed by atoms with Crippen LogP contribution >= 0.6 is 0 Å². The van der Waals surface area contributed by atoms with Crippen LogP contribution in [0.1, 0.15) is 12.5 Å². The summed E-state index contributed by atoms with van der Waals surface area (Å²) in [6.07, 6.45) is 3.52. The Labute approximate surface area is 101 Å². The zero-order chi connectivity index (χ0) is 12.8. The summed E-state index contributed by atoms with van der Waals surface area (Å²) in [6.45, 7) is 1.51. The highest BCUT2D eigenvalue weighted by atomic mass is 16.5. The molecule has 0 radical (unpaired) electrons. The summed E-state index contributed by atoms with van der Waals surface area (Å²) >= 11 is 0. The molecule has 1 amide bonds. The Hall–Kier alpha value is -1.97. The zero-order valence-corrected chi connectivity index (χ0v) is 10.6. The average molecular weight is 235 g/mol. The lowest BCUT2D eigenvalue weighted by Crippen LogP contribution is -2.16. The van der Waals surface area contributed by atoms with Gasteiger partial charge in [-0.3, -0.25) is 4.79 Å². The van der Waals surface area contributed by atoms with Gasteiger partial charge in [-0.05, 0) is 18.2 Å². The molecular formula is C13H17NO3. The second-order valence-electron chi connectivity index (χ2n) is 3.55. The molecule has 4 nitrogen and oxygen atoms in total. The van der Waals surface area contributed by atoms with E-state index in [-0.39, 0.29) is 5.91 Å². The summed E-state index contributed by atoms with van der Waals surface area (Å²) in [7, 11) is 4.91. The van der Waals surface area contributed by atoms with E-state index in [2.05, 4.69) is 0 Å². The van der Waals surface area contributed by atoms with Crippen LogP contribution in [0.2, 0.25) is 0 Å². The third kappa shape index (κ3) is 3.52. The molecule has 0 unspecified atom stereocenters. The van der Waals surface area contributed by atoms with Crippen molar-refractivity contribution in [3.05, 3.63) is 30.0 Å². The Morgan fingerprint density at radius 1 is 1.29 bits per heavy atom. The van der Waals surface area contributed by atoms with Crippen molar-refractivity contribution in [3.63, 3.8) is 0 Å². The molecule has 0 aliphatic heterocycles. The molecule has 92 valence electrons. The molecule has 0 aromatic heterocycles. The normalized spacial score (nSPS) is 10.4. The fraction of sp³-hybridized carbons (Fsp3) is 0.308. The van der Waals surface area contributed by atoms with Crippen LogP contribution in [0.4, 0.5) is 0 Å². The molecule has 1 rings (SSSR count). The molecule has 0 fully saturated rings. The largest absolute Gasteiger partial charge is 0.497 e. The predicted octanol–water partition coefficient (Wildman–Crippen LogP) is 2.15. The number of carbonyl (C=O) groups is 1. The molecule has 0 bridgehead atoms. The first kappa shape index (κ1) is 13.1. The molecule has 17 heavy (non-hydrogen) atoms. The topological polar surface area (TPSA) is 38.8 Å². The Kier molecular flexibility index (Phi) is 4.57. The van der Waals surface area contributed by atoms with E-state index < -0.39 is 0 Å². The molecule has 0 atom stereocenters. The number of rotatable bonds is 4. The van der Waals surface area contributed by atoms with Crippen LogP contribution in [0.25, 0.3) is 6.08 Å². The number of methoxy groups -OCH3 is 2. The molecule has 0 aliphatic carbocycles. The van der Waals surface area contributed by atoms with E-state index in [0.717, 1.165) is 11.3 Å². The summed E-state index contributed by atoms with van der Waals surface area (Å²) in [6, 6.07) is 5.52. The third-order valence-corrected chi connectivity index (χ3v) is 2.42. The first-order valence-corrected chi connectivity index (χ1v) is 5.22. The smallest absolute Gasteiger partial charge is 0.223 e. The van der Waals surface area contributed by atoms with E-state index in [1.54, 1.807) is 33.5 Å². The molecular weight excluding hydrogens is 218 g/mol. The fourth-order valence-corrected chi connectivity index (χ4v) is 1.25. The Morgan fingerprint density at radius 3 is 2.53 bits per heavy atom. The van der Waals surface area contributed by atoms with Crippen LogP contribution in [0.5, 0.6) is 11.5 Å². The van der Waals surface area contributed by atoms with E-state index in [1.807, 2.05) is 18.2 Å². The van der Waals surface area contributed by atoms with Gasteiger partial charge in [-0.2, -0.15) is 0 Å². The second kappa shape index (κ2) is 5.94. The highest BCUT2D eigenvalue weighted by Crippen LogP contribution is 2.25. The van der Waals surface area contributed by atoms with Gasteiger partial charge in [-0.25, -0.2) is 0 Å². The Morgan fingerprint density at radius 2 is 2.00 bits per heavy atom. The van der Waals surface area contributed by atoms with Gasteiger partial charge in [0, 0.05) is 31.8 Å². The van der Waals surface area contributed by atoms with Crippen LogP contribution in [0.3, 0.4) is 0 Å². The van der Waals surface area contributed by atoms with Gasteiger partial charge >= 0.3 is 0 Å². The maximum Gasteiger partial charge on any atom is 0.223 e. The SMILES string of the molecule is COc1ccc(/C=C/N(C)C(C)=O)c(OC)c1. The zero-order valence-electron chi connectivity index (χ0n) is 10.6. The van der Waals surface area contributed by atoms with Crippen molar-refractivity contribution >= 4 is 12.0 Å². The minimum atomic E-state index is -0.0197. The number of carbonyl (C=O) groups excluding carboxylic acids is 1. The number of ether oxygens (including phenoxy) is 2. The van der Waals surface area contributed by atoms with Crippen LogP contribution in [-0.2, 0) is 4.79 Å². The van der Waals surface area contributed by atoms with Crippen molar-refractivity contribution in [2.45, 2.75) is 6.92 Å². The van der Waals surface area contributed by atoms with Gasteiger partial charge in [0.1, 0.15) is 11.5 Å². The maximum atomic E-state index is 11.0. The minimum Gasteiger partial charge on any atom is -0.497 e. The van der Waals surface area contributed by atoms with Crippen molar-refractivity contribution in [3.8, 4) is 11.5 Å². The van der Waals surface area contributed by atoms with E-state index in [9.17, 15) is 4.79 Å². The standard InChI is InChI=1S/C13H17NO3/c1-10(15)14(2)8-7-11-5-6-12(16-3)9-13(11)17-4/h5-9H,1-4H3/b8-7+. The van der Waals surface area contributed by atoms with Gasteiger partial charge in [0.2, 0.25) is 5.91 Å². The number of benzene rings is 1. The fourth-order valence-electron chi connectivity index (χ4n) is 1.25. The highest BCUT2D eigenvalue weighted by molar-refractivity contribution is 5.75. The van der Waals surface area contributed by atoms with E-state index in [1.165, 1.54) is 11.8 Å². The summed E-state index contributed by atoms with van der Waals surface area (Å²) in [5, 5.41) is 0. The third-order valence-electron chi connectivity index (χ3n) is 2.42. The first-order valence-electron chi connectivity index (χ1n) is 5.22. The molecule has 0 heterocycles. The second-order valence-corrected chi connectivity index (χ2v) is 3.55. The maximum absolute atomic E-state index is 11.0. The average Bonchev–Trinajstić information content (AvgIpc) is 2.35. The lowest BCUT2D eigenvalue weighted by molar-refractivity contribution is -0.125. The van der Waals surface area contributed by atoms with Crippen LogP contribution < -0.4 is 9.47 Å². The van der Waals surface area contributed by atoms with Gasteiger partial charge in [-0.15, -0.1) is 0 Å². The summed E-state index contributed by atoms with van der Waals surface area (Å²) < 4.78 is 10.4. The van der Waals surface area contributed by atoms with Crippen molar-refractivity contribution in [2.75, 3.05) is 21.3 Å². The molecule has 1 aromatic rings. The quantitative estimate of drug-likeness (QED) is 0.802. The number of nitrogens with zero attached hydrogens (tertiary/aromatic N) is 1. The molecule has 1 aromatic carbocycles. The highest BCUT2D eigenvalue weighted by Gasteiger charge is 2.03. The van der Waals surface area contributed by atoms with Gasteiger partial charge in [0.15, 0.2) is 0 Å². The van der Waals surface area contributed by atoms with Crippen molar-refractivity contribution in [1.29, 1.82) is 0 Å². The van der Waals surface area contributed by atoms with E-state index >= 15 is 0 Å². The van der Waals surface area contributed by atoms with E-state index in [0.29, 0.717) is 5.75 Å². The summed E-state index contributed by atoms with van der Waals surface area (Å²) in [5.41, 5.74) is 0.890. The molecule has 0 N–H and O–H groups in total. The number of hydrogen-bond acceptors (Lipinski definition) is 3. The van der Waals surface area contributed by atoms with Crippen LogP contribution in [0, 0.1) is 0 Å². The summed E-state index contributed by atoms with van der Waals surface area (Å²) in [4.78, 5) is 12.5. The monoisotopic (exact) mass is 235 g/mol. The predicted molar refractivity (Wildman–Crippen MR) is 67.0 cm³/mol. The number of hydrogen-bond donors (Lipinski definition) is 0. The Balaban J connectivity index is 2.94. The van der Waals surface area contributed by atoms with Crippen molar-refractivity contribution in [1.82, 2.24) is 4.90 Å². The first-order chi connectivity index (χ1) is 8.08. The summed E-state index contributed by atoms with van der Waals surface area (Å²) in [5.74, 6) is 1.42. The minimum absolute atomic E-state index is 0.0197. The molecule has 0 spiro atoms. The van der Waals surface area contributed by atoms with Gasteiger partial charge in [0.05, 0.1) is 14.2 Å². The van der Waals surface area contributed by atoms with Crippen LogP contribution in [0.15, 0.2) is 24.4 Å². The van der Waals surface area contributed by atoms with Crippen molar-refractivity contribution < 1.29 is 14.3 Å². The van der Waals surface area contributed by atoms with Gasteiger partial charge in [0.25, 0.3) is 0 Å². The molecule has 0 saturated carbocycles. The lowest BCUT2D eigenvalue weighted by atomic mass is 10.2. The molecule has 0 saturated heterocycles. The lowest BCUT2D eigenvalue weighted by Gasteiger charge is -2.10. The van der Waals surface area contributed by atoms with Gasteiger partial charge in [-0.1, -0.05) is 0 Å².